The van der Waals surface area contributed by atoms with E-state index in [4.69, 9.17) is 0 Å². The van der Waals surface area contributed by atoms with Gasteiger partial charge in [-0.1, -0.05) is 0 Å². The quantitative estimate of drug-likeness (QED) is 0.683. The third-order valence-electron chi connectivity index (χ3n) is 2.57. The molecule has 0 aliphatic rings. The number of anilines is 1. The fourth-order valence-electron chi connectivity index (χ4n) is 1.45. The van der Waals surface area contributed by atoms with Crippen LogP contribution < -0.4 is 10.6 Å². The first-order valence-corrected chi connectivity index (χ1v) is 6.63. The molecule has 0 saturated carbocycles. The Morgan fingerprint density at radius 3 is 2.45 bits per heavy atom. The highest BCUT2D eigenvalue weighted by Gasteiger charge is 2.08. The average molecular weight is 280 g/mol. The molecule has 7 nitrogen and oxygen atoms in total. The second-order valence-electron chi connectivity index (χ2n) is 5.05. The van der Waals surface area contributed by atoms with Gasteiger partial charge in [0.2, 0.25) is 5.95 Å². The van der Waals surface area contributed by atoms with E-state index in [0.717, 1.165) is 19.6 Å². The van der Waals surface area contributed by atoms with Crippen LogP contribution in [0.5, 0.6) is 0 Å². The molecule has 1 rings (SSSR count). The molecule has 0 radical (unpaired) electrons. The molecule has 0 atom stereocenters. The van der Waals surface area contributed by atoms with E-state index in [-0.39, 0.29) is 5.91 Å². The molecule has 0 spiro atoms. The molecule has 20 heavy (non-hydrogen) atoms. The van der Waals surface area contributed by atoms with Crippen molar-refractivity contribution >= 4 is 11.9 Å². The SMILES string of the molecule is CN(C)CCNC(=O)c1ccnc(NCCN(C)C)n1. The van der Waals surface area contributed by atoms with E-state index in [2.05, 4.69) is 25.5 Å². The number of hydrogen-bond acceptors (Lipinski definition) is 6. The van der Waals surface area contributed by atoms with Gasteiger partial charge in [0.15, 0.2) is 0 Å². The second-order valence-corrected chi connectivity index (χ2v) is 5.05. The van der Waals surface area contributed by atoms with Crippen molar-refractivity contribution in [2.75, 3.05) is 59.7 Å². The molecule has 0 saturated heterocycles. The maximum absolute atomic E-state index is 11.9. The summed E-state index contributed by atoms with van der Waals surface area (Å²) in [5, 5.41) is 5.92. The summed E-state index contributed by atoms with van der Waals surface area (Å²) in [5.41, 5.74) is 0.381. The molecular weight excluding hydrogens is 256 g/mol. The maximum Gasteiger partial charge on any atom is 0.270 e. The van der Waals surface area contributed by atoms with E-state index in [9.17, 15) is 4.79 Å². The number of carbonyl (C=O) groups is 1. The van der Waals surface area contributed by atoms with Gasteiger partial charge in [-0.15, -0.1) is 0 Å². The molecule has 112 valence electrons. The zero-order chi connectivity index (χ0) is 15.0. The van der Waals surface area contributed by atoms with Gasteiger partial charge in [-0.2, -0.15) is 0 Å². The van der Waals surface area contributed by atoms with Crippen LogP contribution in [0.4, 0.5) is 5.95 Å². The van der Waals surface area contributed by atoms with Crippen LogP contribution in [0.2, 0.25) is 0 Å². The van der Waals surface area contributed by atoms with Crippen LogP contribution in [0.3, 0.4) is 0 Å². The molecule has 0 aliphatic heterocycles. The Balaban J connectivity index is 2.47. The van der Waals surface area contributed by atoms with Crippen LogP contribution >= 0.6 is 0 Å². The maximum atomic E-state index is 11.9. The third-order valence-corrected chi connectivity index (χ3v) is 2.57. The summed E-state index contributed by atoms with van der Waals surface area (Å²) in [5.74, 6) is 0.303. The van der Waals surface area contributed by atoms with E-state index >= 15 is 0 Å². The summed E-state index contributed by atoms with van der Waals surface area (Å²) in [6.45, 7) is 3.01. The van der Waals surface area contributed by atoms with Crippen LogP contribution in [0.1, 0.15) is 10.5 Å². The number of aromatic nitrogens is 2. The van der Waals surface area contributed by atoms with Crippen molar-refractivity contribution in [1.29, 1.82) is 0 Å². The summed E-state index contributed by atoms with van der Waals surface area (Å²) in [4.78, 5) is 24.3. The Morgan fingerprint density at radius 2 is 1.80 bits per heavy atom. The molecule has 1 amide bonds. The van der Waals surface area contributed by atoms with Crippen molar-refractivity contribution in [1.82, 2.24) is 25.1 Å². The van der Waals surface area contributed by atoms with Gasteiger partial charge in [-0.25, -0.2) is 9.97 Å². The van der Waals surface area contributed by atoms with Crippen LogP contribution in [-0.4, -0.2) is 80.0 Å². The van der Waals surface area contributed by atoms with Crippen LogP contribution in [0.25, 0.3) is 0 Å². The van der Waals surface area contributed by atoms with Gasteiger partial charge in [-0.05, 0) is 34.3 Å². The largest absolute Gasteiger partial charge is 0.353 e. The Bertz CT molecular complexity index is 421. The van der Waals surface area contributed by atoms with Gasteiger partial charge in [0, 0.05) is 32.4 Å². The van der Waals surface area contributed by atoms with E-state index in [1.165, 1.54) is 0 Å². The van der Waals surface area contributed by atoms with Gasteiger partial charge in [-0.3, -0.25) is 4.79 Å². The fourth-order valence-corrected chi connectivity index (χ4v) is 1.45. The van der Waals surface area contributed by atoms with Crippen molar-refractivity contribution in [3.63, 3.8) is 0 Å². The zero-order valence-electron chi connectivity index (χ0n) is 12.7. The lowest BCUT2D eigenvalue weighted by molar-refractivity contribution is 0.0946. The molecule has 0 fully saturated rings. The highest BCUT2D eigenvalue weighted by atomic mass is 16.1. The predicted molar refractivity (Wildman–Crippen MR) is 80.0 cm³/mol. The fraction of sp³-hybridized carbons (Fsp3) is 0.615. The van der Waals surface area contributed by atoms with E-state index < -0.39 is 0 Å². The van der Waals surface area contributed by atoms with Gasteiger partial charge in [0.25, 0.3) is 5.91 Å². The molecule has 0 aliphatic carbocycles. The number of likely N-dealkylation sites (N-methyl/N-ethyl adjacent to an activating group) is 2. The summed E-state index contributed by atoms with van der Waals surface area (Å²) in [7, 11) is 7.92. The van der Waals surface area contributed by atoms with Gasteiger partial charge in [0.05, 0.1) is 0 Å². The monoisotopic (exact) mass is 280 g/mol. The van der Waals surface area contributed by atoms with E-state index in [1.807, 2.05) is 33.1 Å². The summed E-state index contributed by atoms with van der Waals surface area (Å²) in [6, 6.07) is 1.61. The second kappa shape index (κ2) is 8.44. The van der Waals surface area contributed by atoms with Crippen molar-refractivity contribution in [3.8, 4) is 0 Å². The predicted octanol–water partition coefficient (Wildman–Crippen LogP) is -0.258. The molecular formula is C13H24N6O. The molecule has 0 unspecified atom stereocenters. The van der Waals surface area contributed by atoms with Gasteiger partial charge in [0.1, 0.15) is 5.69 Å². The van der Waals surface area contributed by atoms with E-state index in [0.29, 0.717) is 18.2 Å². The zero-order valence-corrected chi connectivity index (χ0v) is 12.7. The van der Waals surface area contributed by atoms with Crippen molar-refractivity contribution in [2.24, 2.45) is 0 Å². The van der Waals surface area contributed by atoms with Crippen molar-refractivity contribution < 1.29 is 4.79 Å². The number of amides is 1. The Morgan fingerprint density at radius 1 is 1.15 bits per heavy atom. The first-order valence-electron chi connectivity index (χ1n) is 6.63. The molecule has 2 N–H and O–H groups in total. The molecule has 1 heterocycles. The minimum Gasteiger partial charge on any atom is -0.353 e. The number of carbonyl (C=O) groups excluding carboxylic acids is 1. The number of nitrogens with zero attached hydrogens (tertiary/aromatic N) is 4. The molecule has 0 aromatic carbocycles. The Kier molecular flexibility index (Phi) is 6.89. The Hall–Kier alpha value is -1.73. The first kappa shape index (κ1) is 16.3. The van der Waals surface area contributed by atoms with Crippen molar-refractivity contribution in [3.05, 3.63) is 18.0 Å². The van der Waals surface area contributed by atoms with Crippen molar-refractivity contribution in [2.45, 2.75) is 0 Å². The minimum absolute atomic E-state index is 0.176. The van der Waals surface area contributed by atoms with Gasteiger partial charge >= 0.3 is 0 Å². The lowest BCUT2D eigenvalue weighted by Gasteiger charge is -2.11. The summed E-state index contributed by atoms with van der Waals surface area (Å²) >= 11 is 0. The molecule has 1 aromatic heterocycles. The normalized spacial score (nSPS) is 10.9. The molecule has 0 bridgehead atoms. The standard InChI is InChI=1S/C13H24N6O/c1-18(2)9-7-14-12(20)11-5-6-15-13(17-11)16-8-10-19(3)4/h5-6H,7-10H2,1-4H3,(H,14,20)(H,15,16,17). The van der Waals surface area contributed by atoms with Gasteiger partial charge < -0.3 is 20.4 Å². The van der Waals surface area contributed by atoms with Crippen LogP contribution in [-0.2, 0) is 0 Å². The van der Waals surface area contributed by atoms with E-state index in [1.54, 1.807) is 12.3 Å². The highest BCUT2D eigenvalue weighted by Crippen LogP contribution is 2.00. The third kappa shape index (κ3) is 6.44. The average Bonchev–Trinajstić information content (AvgIpc) is 2.38. The lowest BCUT2D eigenvalue weighted by Crippen LogP contribution is -2.32. The van der Waals surface area contributed by atoms with Crippen LogP contribution in [0, 0.1) is 0 Å². The molecule has 1 aromatic rings. The smallest absolute Gasteiger partial charge is 0.270 e. The van der Waals surface area contributed by atoms with Crippen LogP contribution in [0.15, 0.2) is 12.3 Å². The molecule has 7 heteroatoms. The summed E-state index contributed by atoms with van der Waals surface area (Å²) < 4.78 is 0. The lowest BCUT2D eigenvalue weighted by atomic mass is 10.4. The topological polar surface area (TPSA) is 73.4 Å². The Labute approximate surface area is 120 Å². The number of hydrogen-bond donors (Lipinski definition) is 2. The first-order chi connectivity index (χ1) is 9.49. The minimum atomic E-state index is -0.176. The summed E-state index contributed by atoms with van der Waals surface area (Å²) in [6.07, 6.45) is 1.59. The highest BCUT2D eigenvalue weighted by molar-refractivity contribution is 5.92. The number of rotatable bonds is 8. The number of nitrogens with one attached hydrogen (secondary N) is 2.